The number of piperidine rings is 1. The maximum atomic E-state index is 12.8. The molecule has 0 saturated carbocycles. The van der Waals surface area contributed by atoms with Gasteiger partial charge in [0.1, 0.15) is 0 Å². The SMILES string of the molecule is CCS(=O)(=O)N1CCC[C@H](C(=O)N[C@@H](c2ccccc2C)C(C)C)C1. The summed E-state index contributed by atoms with van der Waals surface area (Å²) in [6.45, 7) is 8.68. The van der Waals surface area contributed by atoms with Gasteiger partial charge in [0.15, 0.2) is 0 Å². The van der Waals surface area contributed by atoms with Gasteiger partial charge in [-0.2, -0.15) is 0 Å². The first kappa shape index (κ1) is 19.9. The summed E-state index contributed by atoms with van der Waals surface area (Å²) in [5.41, 5.74) is 2.28. The third-order valence-corrected chi connectivity index (χ3v) is 6.85. The zero-order valence-corrected chi connectivity index (χ0v) is 16.5. The van der Waals surface area contributed by atoms with Crippen LogP contribution in [0.4, 0.5) is 0 Å². The predicted octanol–water partition coefficient (Wildman–Crippen LogP) is 2.87. The summed E-state index contributed by atoms with van der Waals surface area (Å²) < 4.78 is 25.7. The van der Waals surface area contributed by atoms with Gasteiger partial charge in [0, 0.05) is 13.1 Å². The Labute approximate surface area is 151 Å². The second-order valence-corrected chi connectivity index (χ2v) is 9.44. The van der Waals surface area contributed by atoms with E-state index in [1.54, 1.807) is 6.92 Å². The van der Waals surface area contributed by atoms with Gasteiger partial charge in [-0.15, -0.1) is 0 Å². The standard InChI is InChI=1S/C19H30N2O3S/c1-5-25(23,24)21-12-8-10-16(13-21)19(22)20-18(14(2)3)17-11-7-6-9-15(17)4/h6-7,9,11,14,16,18H,5,8,10,12-13H2,1-4H3,(H,20,22)/t16-,18+/m0/s1. The van der Waals surface area contributed by atoms with Crippen LogP contribution in [0.5, 0.6) is 0 Å². The summed E-state index contributed by atoms with van der Waals surface area (Å²) in [4.78, 5) is 12.8. The molecule has 2 atom stereocenters. The average Bonchev–Trinajstić information content (AvgIpc) is 2.60. The summed E-state index contributed by atoms with van der Waals surface area (Å²) in [7, 11) is -3.24. The zero-order chi connectivity index (χ0) is 18.6. The zero-order valence-electron chi connectivity index (χ0n) is 15.7. The van der Waals surface area contributed by atoms with E-state index in [-0.39, 0.29) is 29.5 Å². The highest BCUT2D eigenvalue weighted by Crippen LogP contribution is 2.26. The number of hydrogen-bond donors (Lipinski definition) is 1. The van der Waals surface area contributed by atoms with E-state index in [9.17, 15) is 13.2 Å². The molecule has 1 heterocycles. The summed E-state index contributed by atoms with van der Waals surface area (Å²) in [5, 5.41) is 3.17. The molecular weight excluding hydrogens is 336 g/mol. The molecule has 1 fully saturated rings. The third kappa shape index (κ3) is 4.82. The van der Waals surface area contributed by atoms with Crippen LogP contribution >= 0.6 is 0 Å². The molecule has 2 rings (SSSR count). The molecule has 140 valence electrons. The van der Waals surface area contributed by atoms with Crippen LogP contribution in [0.15, 0.2) is 24.3 Å². The molecule has 1 aromatic rings. The third-order valence-electron chi connectivity index (χ3n) is 5.00. The minimum Gasteiger partial charge on any atom is -0.349 e. The van der Waals surface area contributed by atoms with Crippen LogP contribution in [0.3, 0.4) is 0 Å². The molecule has 1 aromatic carbocycles. The fraction of sp³-hybridized carbons (Fsp3) is 0.632. The number of amides is 1. The van der Waals surface area contributed by atoms with Crippen LogP contribution in [0.2, 0.25) is 0 Å². The highest BCUT2D eigenvalue weighted by Gasteiger charge is 2.32. The lowest BCUT2D eigenvalue weighted by Crippen LogP contribution is -2.47. The van der Waals surface area contributed by atoms with E-state index in [0.29, 0.717) is 13.1 Å². The lowest BCUT2D eigenvalue weighted by Gasteiger charge is -2.33. The van der Waals surface area contributed by atoms with Gasteiger partial charge < -0.3 is 5.32 Å². The second kappa shape index (κ2) is 8.32. The molecule has 1 aliphatic rings. The molecule has 0 unspecified atom stereocenters. The van der Waals surface area contributed by atoms with Crippen molar-refractivity contribution < 1.29 is 13.2 Å². The van der Waals surface area contributed by atoms with E-state index >= 15 is 0 Å². The Morgan fingerprint density at radius 1 is 1.32 bits per heavy atom. The number of hydrogen-bond acceptors (Lipinski definition) is 3. The molecule has 0 radical (unpaired) electrons. The van der Waals surface area contributed by atoms with Crippen LogP contribution in [0.25, 0.3) is 0 Å². The van der Waals surface area contributed by atoms with Gasteiger partial charge in [-0.3, -0.25) is 4.79 Å². The molecule has 5 nitrogen and oxygen atoms in total. The Kier molecular flexibility index (Phi) is 6.63. The summed E-state index contributed by atoms with van der Waals surface area (Å²) >= 11 is 0. The number of benzene rings is 1. The normalized spacial score (nSPS) is 20.4. The predicted molar refractivity (Wildman–Crippen MR) is 101 cm³/mol. The van der Waals surface area contributed by atoms with Gasteiger partial charge in [0.25, 0.3) is 0 Å². The number of nitrogens with zero attached hydrogens (tertiary/aromatic N) is 1. The number of rotatable bonds is 6. The van der Waals surface area contributed by atoms with Crippen LogP contribution < -0.4 is 5.32 Å². The number of sulfonamides is 1. The highest BCUT2D eigenvalue weighted by molar-refractivity contribution is 7.89. The van der Waals surface area contributed by atoms with Crippen molar-refractivity contribution in [1.29, 1.82) is 0 Å². The van der Waals surface area contributed by atoms with Crippen molar-refractivity contribution in [3.05, 3.63) is 35.4 Å². The Morgan fingerprint density at radius 3 is 2.60 bits per heavy atom. The number of nitrogens with one attached hydrogen (secondary N) is 1. The Morgan fingerprint density at radius 2 is 2.00 bits per heavy atom. The average molecular weight is 367 g/mol. The van der Waals surface area contributed by atoms with Gasteiger partial charge in [-0.25, -0.2) is 12.7 Å². The summed E-state index contributed by atoms with van der Waals surface area (Å²) in [6.07, 6.45) is 1.47. The molecular formula is C19H30N2O3S. The van der Waals surface area contributed by atoms with Crippen molar-refractivity contribution >= 4 is 15.9 Å². The van der Waals surface area contributed by atoms with Crippen molar-refractivity contribution in [1.82, 2.24) is 9.62 Å². The highest BCUT2D eigenvalue weighted by atomic mass is 32.2. The minimum atomic E-state index is -3.24. The lowest BCUT2D eigenvalue weighted by atomic mass is 9.91. The molecule has 25 heavy (non-hydrogen) atoms. The molecule has 0 bridgehead atoms. The van der Waals surface area contributed by atoms with E-state index < -0.39 is 10.0 Å². The molecule has 6 heteroatoms. The van der Waals surface area contributed by atoms with Crippen molar-refractivity contribution in [3.8, 4) is 0 Å². The largest absolute Gasteiger partial charge is 0.349 e. The topological polar surface area (TPSA) is 66.5 Å². The fourth-order valence-electron chi connectivity index (χ4n) is 3.40. The number of carbonyl (C=O) groups excluding carboxylic acids is 1. The van der Waals surface area contributed by atoms with Crippen molar-refractivity contribution in [2.24, 2.45) is 11.8 Å². The van der Waals surface area contributed by atoms with Gasteiger partial charge >= 0.3 is 0 Å². The van der Waals surface area contributed by atoms with Crippen molar-refractivity contribution in [2.75, 3.05) is 18.8 Å². The van der Waals surface area contributed by atoms with Crippen LogP contribution in [0, 0.1) is 18.8 Å². The monoisotopic (exact) mass is 366 g/mol. The molecule has 1 aliphatic heterocycles. The summed E-state index contributed by atoms with van der Waals surface area (Å²) in [6, 6.07) is 8.02. The Hall–Kier alpha value is -1.40. The minimum absolute atomic E-state index is 0.0436. The van der Waals surface area contributed by atoms with Crippen molar-refractivity contribution in [3.63, 3.8) is 0 Å². The molecule has 0 spiro atoms. The molecule has 1 amide bonds. The molecule has 1 N–H and O–H groups in total. The smallest absolute Gasteiger partial charge is 0.224 e. The van der Waals surface area contributed by atoms with Crippen LogP contribution in [-0.4, -0.2) is 37.5 Å². The Bertz CT molecular complexity index is 700. The van der Waals surface area contributed by atoms with Gasteiger partial charge in [0.05, 0.1) is 17.7 Å². The maximum absolute atomic E-state index is 12.8. The van der Waals surface area contributed by atoms with Crippen LogP contribution in [-0.2, 0) is 14.8 Å². The number of carbonyl (C=O) groups is 1. The molecule has 1 saturated heterocycles. The van der Waals surface area contributed by atoms with E-state index in [4.69, 9.17) is 0 Å². The van der Waals surface area contributed by atoms with Gasteiger partial charge in [0.2, 0.25) is 15.9 Å². The van der Waals surface area contributed by atoms with Gasteiger partial charge in [-0.1, -0.05) is 38.1 Å². The van der Waals surface area contributed by atoms with Gasteiger partial charge in [-0.05, 0) is 43.7 Å². The molecule has 0 aliphatic carbocycles. The Balaban J connectivity index is 2.12. The van der Waals surface area contributed by atoms with E-state index in [0.717, 1.165) is 24.0 Å². The van der Waals surface area contributed by atoms with Crippen LogP contribution in [0.1, 0.15) is 50.8 Å². The number of aryl methyl sites for hydroxylation is 1. The fourth-order valence-corrected chi connectivity index (χ4v) is 4.58. The first-order chi connectivity index (χ1) is 11.8. The quantitative estimate of drug-likeness (QED) is 0.842. The van der Waals surface area contributed by atoms with E-state index in [1.807, 2.05) is 25.1 Å². The van der Waals surface area contributed by atoms with E-state index in [1.165, 1.54) is 4.31 Å². The second-order valence-electron chi connectivity index (χ2n) is 7.18. The first-order valence-electron chi connectivity index (χ1n) is 9.10. The summed E-state index contributed by atoms with van der Waals surface area (Å²) in [5.74, 6) is 0.0153. The van der Waals surface area contributed by atoms with Crippen molar-refractivity contribution in [2.45, 2.75) is 46.6 Å². The maximum Gasteiger partial charge on any atom is 0.224 e. The first-order valence-corrected chi connectivity index (χ1v) is 10.7. The lowest BCUT2D eigenvalue weighted by molar-refractivity contribution is -0.127. The van der Waals surface area contributed by atoms with E-state index in [2.05, 4.69) is 25.2 Å². The molecule has 0 aromatic heterocycles.